The lowest BCUT2D eigenvalue weighted by molar-refractivity contribution is 0.280. The van der Waals surface area contributed by atoms with Crippen molar-refractivity contribution in [3.05, 3.63) is 35.4 Å². The van der Waals surface area contributed by atoms with Crippen molar-refractivity contribution >= 4 is 0 Å². The van der Waals surface area contributed by atoms with Crippen LogP contribution in [-0.4, -0.2) is 11.9 Å². The second-order valence-corrected chi connectivity index (χ2v) is 3.90. The van der Waals surface area contributed by atoms with Gasteiger partial charge in [0.25, 0.3) is 0 Å². The molecule has 1 aromatic rings. The van der Waals surface area contributed by atoms with E-state index in [4.69, 9.17) is 0 Å². The Morgan fingerprint density at radius 2 is 1.58 bits per heavy atom. The van der Waals surface area contributed by atoms with Crippen molar-refractivity contribution in [2.75, 3.05) is 7.05 Å². The summed E-state index contributed by atoms with van der Waals surface area (Å²) < 4.78 is 0. The van der Waals surface area contributed by atoms with Gasteiger partial charge < -0.3 is 0 Å². The molecule has 3 rings (SSSR count). The highest BCUT2D eigenvalue weighted by Crippen LogP contribution is 2.51. The van der Waals surface area contributed by atoms with Gasteiger partial charge in [0.05, 0.1) is 0 Å². The highest BCUT2D eigenvalue weighted by molar-refractivity contribution is 5.39. The lowest BCUT2D eigenvalue weighted by atomic mass is 9.92. The summed E-state index contributed by atoms with van der Waals surface area (Å²) in [6.07, 6.45) is 2.72. The Hall–Kier alpha value is -0.820. The van der Waals surface area contributed by atoms with Crippen LogP contribution in [0.5, 0.6) is 0 Å². The second kappa shape index (κ2) is 2.11. The molecule has 2 bridgehead atoms. The number of fused-ring (bicyclic) bond motifs is 5. The van der Waals surface area contributed by atoms with Crippen LogP contribution in [0, 0.1) is 0 Å². The summed E-state index contributed by atoms with van der Waals surface area (Å²) >= 11 is 0. The molecule has 0 aliphatic carbocycles. The molecule has 1 aromatic carbocycles. The number of rotatable bonds is 0. The maximum absolute atomic E-state index is 2.52. The molecule has 0 N–H and O–H groups in total. The average Bonchev–Trinajstić information content (AvgIpc) is 2.61. The minimum Gasteiger partial charge on any atom is -0.292 e. The first kappa shape index (κ1) is 6.67. The minimum atomic E-state index is 0.728. The summed E-state index contributed by atoms with van der Waals surface area (Å²) in [6.45, 7) is 0. The molecule has 0 spiro atoms. The molecule has 62 valence electrons. The van der Waals surface area contributed by atoms with E-state index in [9.17, 15) is 0 Å². The third-order valence-corrected chi connectivity index (χ3v) is 3.41. The maximum atomic E-state index is 2.52. The maximum Gasteiger partial charge on any atom is 0.0355 e. The predicted molar refractivity (Wildman–Crippen MR) is 48.9 cm³/mol. The van der Waals surface area contributed by atoms with E-state index in [1.54, 1.807) is 11.1 Å². The first-order valence-corrected chi connectivity index (χ1v) is 4.68. The van der Waals surface area contributed by atoms with E-state index >= 15 is 0 Å². The molecule has 1 fully saturated rings. The Labute approximate surface area is 73.0 Å². The largest absolute Gasteiger partial charge is 0.292 e. The van der Waals surface area contributed by atoms with Crippen LogP contribution < -0.4 is 0 Å². The third kappa shape index (κ3) is 0.632. The Kier molecular flexibility index (Phi) is 1.17. The van der Waals surface area contributed by atoms with Crippen LogP contribution in [0.2, 0.25) is 0 Å². The number of nitrogens with zero attached hydrogens (tertiary/aromatic N) is 1. The zero-order chi connectivity index (χ0) is 8.13. The predicted octanol–water partition coefficient (Wildman–Crippen LogP) is 2.51. The van der Waals surface area contributed by atoms with Gasteiger partial charge in [-0.1, -0.05) is 24.3 Å². The molecular weight excluding hydrogens is 146 g/mol. The van der Waals surface area contributed by atoms with Crippen LogP contribution in [-0.2, 0) is 0 Å². The Bertz CT molecular complexity index is 288. The van der Waals surface area contributed by atoms with Crippen molar-refractivity contribution < 1.29 is 0 Å². The average molecular weight is 159 g/mol. The fourth-order valence-corrected chi connectivity index (χ4v) is 2.81. The molecule has 0 saturated carbocycles. The van der Waals surface area contributed by atoms with Crippen LogP contribution in [0.1, 0.15) is 36.1 Å². The van der Waals surface area contributed by atoms with E-state index < -0.39 is 0 Å². The molecule has 0 amide bonds. The highest BCUT2D eigenvalue weighted by atomic mass is 15.2. The van der Waals surface area contributed by atoms with E-state index in [0.717, 1.165) is 12.1 Å². The van der Waals surface area contributed by atoms with Crippen LogP contribution >= 0.6 is 0 Å². The van der Waals surface area contributed by atoms with Crippen LogP contribution in [0.25, 0.3) is 0 Å². The fourth-order valence-electron chi connectivity index (χ4n) is 2.81. The Balaban J connectivity index is 2.21. The molecule has 2 aliphatic heterocycles. The lowest BCUT2D eigenvalue weighted by Crippen LogP contribution is -2.12. The van der Waals surface area contributed by atoms with Gasteiger partial charge in [0.2, 0.25) is 0 Å². The summed E-state index contributed by atoms with van der Waals surface area (Å²) in [4.78, 5) is 2.52. The van der Waals surface area contributed by atoms with Crippen LogP contribution in [0.4, 0.5) is 0 Å². The molecule has 2 heterocycles. The quantitative estimate of drug-likeness (QED) is 0.562. The SMILES string of the molecule is CN1C2CCC1c1ccccc12. The standard InChI is InChI=1S/C11H13N/c1-12-10-6-7-11(12)9-5-3-2-4-8(9)10/h2-5,10-11H,6-7H2,1H3. The van der Waals surface area contributed by atoms with Gasteiger partial charge in [0.15, 0.2) is 0 Å². The lowest BCUT2D eigenvalue weighted by Gasteiger charge is -2.13. The molecule has 1 heteroatoms. The van der Waals surface area contributed by atoms with E-state index in [1.165, 1.54) is 12.8 Å². The Morgan fingerprint density at radius 1 is 1.08 bits per heavy atom. The number of hydrogen-bond donors (Lipinski definition) is 0. The second-order valence-electron chi connectivity index (χ2n) is 3.90. The summed E-state index contributed by atoms with van der Waals surface area (Å²) in [5, 5.41) is 0. The molecule has 1 saturated heterocycles. The van der Waals surface area contributed by atoms with Gasteiger partial charge in [-0.2, -0.15) is 0 Å². The highest BCUT2D eigenvalue weighted by Gasteiger charge is 2.40. The Morgan fingerprint density at radius 3 is 2.08 bits per heavy atom. The molecule has 0 radical (unpaired) electrons. The summed E-state index contributed by atoms with van der Waals surface area (Å²) in [7, 11) is 2.25. The van der Waals surface area contributed by atoms with Gasteiger partial charge in [-0.3, -0.25) is 4.90 Å². The third-order valence-electron chi connectivity index (χ3n) is 3.41. The van der Waals surface area contributed by atoms with Crippen molar-refractivity contribution in [3.8, 4) is 0 Å². The van der Waals surface area contributed by atoms with E-state index in [0.29, 0.717) is 0 Å². The summed E-state index contributed by atoms with van der Waals surface area (Å²) in [5.41, 5.74) is 3.16. The molecule has 1 nitrogen and oxygen atoms in total. The minimum absolute atomic E-state index is 0.728. The number of benzene rings is 1. The molecule has 2 unspecified atom stereocenters. The van der Waals surface area contributed by atoms with Crippen molar-refractivity contribution in [3.63, 3.8) is 0 Å². The smallest absolute Gasteiger partial charge is 0.0355 e. The van der Waals surface area contributed by atoms with Crippen LogP contribution in [0.15, 0.2) is 24.3 Å². The van der Waals surface area contributed by atoms with Gasteiger partial charge in [-0.15, -0.1) is 0 Å². The van der Waals surface area contributed by atoms with Crippen molar-refractivity contribution in [2.45, 2.75) is 24.9 Å². The molecular formula is C11H13N. The first-order chi connectivity index (χ1) is 5.88. The van der Waals surface area contributed by atoms with Gasteiger partial charge in [-0.05, 0) is 31.0 Å². The van der Waals surface area contributed by atoms with E-state index in [1.807, 2.05) is 0 Å². The van der Waals surface area contributed by atoms with Gasteiger partial charge in [-0.25, -0.2) is 0 Å². The van der Waals surface area contributed by atoms with Crippen LogP contribution in [0.3, 0.4) is 0 Å². The van der Waals surface area contributed by atoms with Gasteiger partial charge >= 0.3 is 0 Å². The van der Waals surface area contributed by atoms with Gasteiger partial charge in [0.1, 0.15) is 0 Å². The first-order valence-electron chi connectivity index (χ1n) is 4.68. The molecule has 2 aliphatic rings. The zero-order valence-corrected chi connectivity index (χ0v) is 7.33. The van der Waals surface area contributed by atoms with Crippen molar-refractivity contribution in [1.82, 2.24) is 4.90 Å². The topological polar surface area (TPSA) is 3.24 Å². The van der Waals surface area contributed by atoms with Crippen molar-refractivity contribution in [2.24, 2.45) is 0 Å². The fraction of sp³-hybridized carbons (Fsp3) is 0.455. The normalized spacial score (nSPS) is 32.4. The van der Waals surface area contributed by atoms with Gasteiger partial charge in [0, 0.05) is 12.1 Å². The number of hydrogen-bond acceptors (Lipinski definition) is 1. The molecule has 12 heavy (non-hydrogen) atoms. The molecule has 2 atom stereocenters. The monoisotopic (exact) mass is 159 g/mol. The van der Waals surface area contributed by atoms with E-state index in [-0.39, 0.29) is 0 Å². The molecule has 0 aromatic heterocycles. The summed E-state index contributed by atoms with van der Waals surface area (Å²) in [5.74, 6) is 0. The summed E-state index contributed by atoms with van der Waals surface area (Å²) in [6, 6.07) is 10.4. The van der Waals surface area contributed by atoms with E-state index in [2.05, 4.69) is 36.2 Å². The van der Waals surface area contributed by atoms with Crippen molar-refractivity contribution in [1.29, 1.82) is 0 Å². The zero-order valence-electron chi connectivity index (χ0n) is 7.33.